The lowest BCUT2D eigenvalue weighted by Crippen LogP contribution is -2.31. The predicted octanol–water partition coefficient (Wildman–Crippen LogP) is 2.14. The lowest BCUT2D eigenvalue weighted by Gasteiger charge is -2.23. The van der Waals surface area contributed by atoms with Crippen LogP contribution in [-0.4, -0.2) is 35.7 Å². The van der Waals surface area contributed by atoms with Crippen LogP contribution < -0.4 is 0 Å². The molecule has 3 nitrogen and oxygen atoms in total. The number of rotatable bonds is 5. The SMILES string of the molecule is c1nc(CN(C[C@@H]2CCOC2)C2CC2)cs1. The van der Waals surface area contributed by atoms with Crippen LogP contribution in [0.4, 0.5) is 0 Å². The molecule has 16 heavy (non-hydrogen) atoms. The molecule has 1 aliphatic heterocycles. The van der Waals surface area contributed by atoms with Crippen LogP contribution in [-0.2, 0) is 11.3 Å². The van der Waals surface area contributed by atoms with Gasteiger partial charge in [-0.1, -0.05) is 0 Å². The Morgan fingerprint density at radius 3 is 3.00 bits per heavy atom. The number of hydrogen-bond acceptors (Lipinski definition) is 4. The smallest absolute Gasteiger partial charge is 0.0795 e. The average molecular weight is 238 g/mol. The fourth-order valence-corrected chi connectivity index (χ4v) is 2.91. The topological polar surface area (TPSA) is 25.4 Å². The quantitative estimate of drug-likeness (QED) is 0.786. The summed E-state index contributed by atoms with van der Waals surface area (Å²) < 4.78 is 5.45. The molecule has 1 atom stereocenters. The van der Waals surface area contributed by atoms with Gasteiger partial charge >= 0.3 is 0 Å². The van der Waals surface area contributed by atoms with E-state index in [9.17, 15) is 0 Å². The molecule has 2 fully saturated rings. The summed E-state index contributed by atoms with van der Waals surface area (Å²) in [5.41, 5.74) is 3.16. The number of ether oxygens (including phenoxy) is 1. The van der Waals surface area contributed by atoms with Crippen molar-refractivity contribution in [3.8, 4) is 0 Å². The summed E-state index contributed by atoms with van der Waals surface area (Å²) >= 11 is 1.69. The van der Waals surface area contributed by atoms with Crippen LogP contribution in [0.3, 0.4) is 0 Å². The Labute approximate surface area is 100 Å². The van der Waals surface area contributed by atoms with Crippen molar-refractivity contribution in [1.82, 2.24) is 9.88 Å². The molecule has 1 aromatic rings. The van der Waals surface area contributed by atoms with Crippen molar-refractivity contribution in [2.24, 2.45) is 5.92 Å². The Morgan fingerprint density at radius 1 is 1.44 bits per heavy atom. The Morgan fingerprint density at radius 2 is 2.38 bits per heavy atom. The maximum Gasteiger partial charge on any atom is 0.0795 e. The van der Waals surface area contributed by atoms with Crippen molar-refractivity contribution in [2.75, 3.05) is 19.8 Å². The maximum atomic E-state index is 5.45. The van der Waals surface area contributed by atoms with Crippen molar-refractivity contribution >= 4 is 11.3 Å². The first-order chi connectivity index (χ1) is 7.92. The summed E-state index contributed by atoms with van der Waals surface area (Å²) in [4.78, 5) is 6.99. The van der Waals surface area contributed by atoms with Gasteiger partial charge in [0.15, 0.2) is 0 Å². The fourth-order valence-electron chi connectivity index (χ4n) is 2.37. The van der Waals surface area contributed by atoms with Crippen LogP contribution >= 0.6 is 11.3 Å². The highest BCUT2D eigenvalue weighted by Gasteiger charge is 2.31. The van der Waals surface area contributed by atoms with Crippen molar-refractivity contribution in [3.05, 3.63) is 16.6 Å². The third-order valence-electron chi connectivity index (χ3n) is 3.43. The summed E-state index contributed by atoms with van der Waals surface area (Å²) in [7, 11) is 0. The van der Waals surface area contributed by atoms with Gasteiger partial charge in [-0.25, -0.2) is 4.98 Å². The molecule has 1 saturated carbocycles. The van der Waals surface area contributed by atoms with Crippen LogP contribution in [0.25, 0.3) is 0 Å². The molecule has 1 aliphatic carbocycles. The molecule has 0 N–H and O–H groups in total. The zero-order valence-electron chi connectivity index (χ0n) is 9.47. The van der Waals surface area contributed by atoms with Gasteiger partial charge in [-0.15, -0.1) is 11.3 Å². The number of nitrogens with zero attached hydrogens (tertiary/aromatic N) is 2. The van der Waals surface area contributed by atoms with Gasteiger partial charge in [0.25, 0.3) is 0 Å². The largest absolute Gasteiger partial charge is 0.381 e. The molecule has 4 heteroatoms. The molecule has 2 aliphatic rings. The first kappa shape index (κ1) is 10.7. The van der Waals surface area contributed by atoms with Gasteiger partial charge in [0.2, 0.25) is 0 Å². The molecule has 0 amide bonds. The highest BCUT2D eigenvalue weighted by atomic mass is 32.1. The van der Waals surface area contributed by atoms with E-state index in [1.807, 2.05) is 5.51 Å². The summed E-state index contributed by atoms with van der Waals surface area (Å²) in [5, 5.41) is 2.17. The van der Waals surface area contributed by atoms with Gasteiger partial charge in [-0.05, 0) is 25.2 Å². The lowest BCUT2D eigenvalue weighted by atomic mass is 10.1. The third kappa shape index (κ3) is 2.62. The zero-order valence-corrected chi connectivity index (χ0v) is 10.3. The number of aromatic nitrogens is 1. The molecular formula is C12H18N2OS. The van der Waals surface area contributed by atoms with Crippen LogP contribution in [0.2, 0.25) is 0 Å². The second kappa shape index (κ2) is 4.82. The molecule has 1 aromatic heterocycles. The minimum Gasteiger partial charge on any atom is -0.381 e. The summed E-state index contributed by atoms with van der Waals surface area (Å²) in [6.45, 7) is 4.15. The maximum absolute atomic E-state index is 5.45. The molecule has 1 saturated heterocycles. The van der Waals surface area contributed by atoms with E-state index in [4.69, 9.17) is 4.74 Å². The van der Waals surface area contributed by atoms with Crippen molar-refractivity contribution in [1.29, 1.82) is 0 Å². The average Bonchev–Trinajstić information content (AvgIpc) is 2.79. The zero-order chi connectivity index (χ0) is 10.8. The molecule has 2 heterocycles. The molecule has 0 unspecified atom stereocenters. The summed E-state index contributed by atoms with van der Waals surface area (Å²) in [5.74, 6) is 0.749. The van der Waals surface area contributed by atoms with Crippen molar-refractivity contribution in [2.45, 2.75) is 31.8 Å². The van der Waals surface area contributed by atoms with E-state index in [0.29, 0.717) is 0 Å². The second-order valence-corrected chi connectivity index (χ2v) is 5.59. The van der Waals surface area contributed by atoms with E-state index < -0.39 is 0 Å². The Balaban J connectivity index is 1.57. The Hall–Kier alpha value is -0.450. The third-order valence-corrected chi connectivity index (χ3v) is 4.06. The summed E-state index contributed by atoms with van der Waals surface area (Å²) in [6.07, 6.45) is 3.98. The van der Waals surface area contributed by atoms with Gasteiger partial charge in [-0.2, -0.15) is 0 Å². The molecule has 0 radical (unpaired) electrons. The van der Waals surface area contributed by atoms with Crippen LogP contribution in [0.1, 0.15) is 25.0 Å². The first-order valence-corrected chi connectivity index (χ1v) is 7.05. The highest BCUT2D eigenvalue weighted by Crippen LogP contribution is 2.30. The highest BCUT2D eigenvalue weighted by molar-refractivity contribution is 7.07. The van der Waals surface area contributed by atoms with Gasteiger partial charge in [0.1, 0.15) is 0 Å². The van der Waals surface area contributed by atoms with Crippen molar-refractivity contribution in [3.63, 3.8) is 0 Å². The molecule has 3 rings (SSSR count). The molecule has 0 aromatic carbocycles. The molecular weight excluding hydrogens is 220 g/mol. The predicted molar refractivity (Wildman–Crippen MR) is 64.5 cm³/mol. The number of thiazole rings is 1. The standard InChI is InChI=1S/C12H18N2OS/c1-2-12(1)14(5-10-3-4-15-7-10)6-11-8-16-9-13-11/h8-10,12H,1-7H2/t10-/m0/s1. The fraction of sp³-hybridized carbons (Fsp3) is 0.750. The van der Waals surface area contributed by atoms with Crippen LogP contribution in [0.5, 0.6) is 0 Å². The van der Waals surface area contributed by atoms with E-state index in [1.165, 1.54) is 31.5 Å². The molecule has 0 spiro atoms. The van der Waals surface area contributed by atoms with Gasteiger partial charge in [0.05, 0.1) is 17.8 Å². The van der Waals surface area contributed by atoms with E-state index in [-0.39, 0.29) is 0 Å². The molecule has 0 bridgehead atoms. The summed E-state index contributed by atoms with van der Waals surface area (Å²) in [6, 6.07) is 0.822. The van der Waals surface area contributed by atoms with Crippen molar-refractivity contribution < 1.29 is 4.74 Å². The molecule has 88 valence electrons. The van der Waals surface area contributed by atoms with Crippen LogP contribution in [0, 0.1) is 5.92 Å². The lowest BCUT2D eigenvalue weighted by molar-refractivity contribution is 0.161. The first-order valence-electron chi connectivity index (χ1n) is 6.10. The Bertz CT molecular complexity index is 318. The van der Waals surface area contributed by atoms with E-state index in [1.54, 1.807) is 11.3 Å². The van der Waals surface area contributed by atoms with E-state index in [2.05, 4.69) is 15.3 Å². The van der Waals surface area contributed by atoms with E-state index >= 15 is 0 Å². The van der Waals surface area contributed by atoms with Gasteiger partial charge in [0, 0.05) is 31.1 Å². The van der Waals surface area contributed by atoms with Crippen LogP contribution in [0.15, 0.2) is 10.9 Å². The monoisotopic (exact) mass is 238 g/mol. The van der Waals surface area contributed by atoms with E-state index in [0.717, 1.165) is 31.7 Å². The Kier molecular flexibility index (Phi) is 3.22. The second-order valence-electron chi connectivity index (χ2n) is 4.87. The normalized spacial score (nSPS) is 25.4. The minimum atomic E-state index is 0.749. The minimum absolute atomic E-state index is 0.749. The number of hydrogen-bond donors (Lipinski definition) is 0. The van der Waals surface area contributed by atoms with Gasteiger partial charge in [-0.3, -0.25) is 4.90 Å². The van der Waals surface area contributed by atoms with Gasteiger partial charge < -0.3 is 4.74 Å².